The maximum atomic E-state index is 12.2. The summed E-state index contributed by atoms with van der Waals surface area (Å²) in [6.07, 6.45) is 2.22. The van der Waals surface area contributed by atoms with E-state index in [1.165, 1.54) is 0 Å². The molecule has 0 atom stereocenters. The van der Waals surface area contributed by atoms with Gasteiger partial charge in [-0.1, -0.05) is 0 Å². The maximum absolute atomic E-state index is 12.2. The van der Waals surface area contributed by atoms with Crippen LogP contribution in [0.15, 0.2) is 24.3 Å². The van der Waals surface area contributed by atoms with E-state index in [0.717, 1.165) is 31.8 Å². The Morgan fingerprint density at radius 1 is 1.21 bits per heavy atom. The summed E-state index contributed by atoms with van der Waals surface area (Å²) in [6, 6.07) is 6.87. The molecular formula is C19H26ClN5O3. The molecule has 152 valence electrons. The summed E-state index contributed by atoms with van der Waals surface area (Å²) in [5, 5.41) is 10.5. The lowest BCUT2D eigenvalue weighted by Gasteiger charge is -2.19. The number of Topliss-reactive ketones (excluding diaryl/α,β-unsaturated/α-hetero) is 1. The summed E-state index contributed by atoms with van der Waals surface area (Å²) in [6.45, 7) is 1.91. The summed E-state index contributed by atoms with van der Waals surface area (Å²) in [7, 11) is 3.33. The van der Waals surface area contributed by atoms with Crippen LogP contribution in [0.5, 0.6) is 5.75 Å². The third-order valence-electron chi connectivity index (χ3n) is 4.73. The molecule has 9 heteroatoms. The number of halogens is 1. The minimum atomic E-state index is -0.246. The number of ketones is 1. The van der Waals surface area contributed by atoms with E-state index in [0.29, 0.717) is 23.2 Å². The quantitative estimate of drug-likeness (QED) is 0.683. The lowest BCUT2D eigenvalue weighted by Crippen LogP contribution is -2.27. The number of methoxy groups -OCH3 is 1. The van der Waals surface area contributed by atoms with Crippen molar-refractivity contribution in [3.05, 3.63) is 35.7 Å². The van der Waals surface area contributed by atoms with E-state index in [9.17, 15) is 9.59 Å². The van der Waals surface area contributed by atoms with Crippen LogP contribution in [0.4, 0.5) is 5.95 Å². The smallest absolute Gasteiger partial charge is 0.227 e. The number of hydrogen-bond acceptors (Lipinski definition) is 6. The van der Waals surface area contributed by atoms with E-state index in [-0.39, 0.29) is 36.9 Å². The SMILES string of the molecule is COc1ccc(C(=O)CCC(=O)Nc2nc(C3CCNCC3)nn2C)cc1.Cl. The number of aryl methyl sites for hydroxylation is 1. The van der Waals surface area contributed by atoms with E-state index < -0.39 is 0 Å². The highest BCUT2D eigenvalue weighted by Crippen LogP contribution is 2.23. The van der Waals surface area contributed by atoms with E-state index in [1.54, 1.807) is 43.1 Å². The molecule has 2 aromatic rings. The van der Waals surface area contributed by atoms with Crippen LogP contribution in [0.1, 0.15) is 47.8 Å². The van der Waals surface area contributed by atoms with Crippen molar-refractivity contribution in [3.63, 3.8) is 0 Å². The van der Waals surface area contributed by atoms with Gasteiger partial charge in [0.05, 0.1) is 7.11 Å². The van der Waals surface area contributed by atoms with Gasteiger partial charge >= 0.3 is 0 Å². The molecule has 0 unspecified atom stereocenters. The topological polar surface area (TPSA) is 98.1 Å². The van der Waals surface area contributed by atoms with Crippen molar-refractivity contribution < 1.29 is 14.3 Å². The van der Waals surface area contributed by atoms with E-state index in [1.807, 2.05) is 0 Å². The number of nitrogens with zero attached hydrogens (tertiary/aromatic N) is 3. The minimum absolute atomic E-state index is 0. The predicted octanol–water partition coefficient (Wildman–Crippen LogP) is 2.31. The highest BCUT2D eigenvalue weighted by Gasteiger charge is 2.21. The van der Waals surface area contributed by atoms with Gasteiger partial charge < -0.3 is 10.1 Å². The van der Waals surface area contributed by atoms with Crippen molar-refractivity contribution in [1.29, 1.82) is 0 Å². The number of benzene rings is 1. The molecule has 1 aliphatic heterocycles. The van der Waals surface area contributed by atoms with Crippen molar-refractivity contribution in [2.45, 2.75) is 31.6 Å². The second-order valence-electron chi connectivity index (χ2n) is 6.64. The molecule has 3 rings (SSSR count). The Kier molecular flexibility index (Phi) is 7.95. The summed E-state index contributed by atoms with van der Waals surface area (Å²) in [5.41, 5.74) is 0.565. The zero-order chi connectivity index (χ0) is 19.2. The highest BCUT2D eigenvalue weighted by molar-refractivity contribution is 5.99. The Balaban J connectivity index is 0.00000280. The molecule has 0 saturated carbocycles. The first kappa shape index (κ1) is 21.8. The van der Waals surface area contributed by atoms with Gasteiger partial charge in [-0.3, -0.25) is 14.9 Å². The molecule has 8 nitrogen and oxygen atoms in total. The largest absolute Gasteiger partial charge is 0.497 e. The molecular weight excluding hydrogens is 382 g/mol. The number of amides is 1. The molecule has 1 aromatic carbocycles. The Morgan fingerprint density at radius 3 is 2.54 bits per heavy atom. The number of anilines is 1. The third-order valence-corrected chi connectivity index (χ3v) is 4.73. The van der Waals surface area contributed by atoms with Gasteiger partial charge in [0.15, 0.2) is 11.6 Å². The molecule has 1 saturated heterocycles. The van der Waals surface area contributed by atoms with Gasteiger partial charge in [0.2, 0.25) is 11.9 Å². The van der Waals surface area contributed by atoms with Crippen LogP contribution >= 0.6 is 12.4 Å². The van der Waals surface area contributed by atoms with Crippen LogP contribution in [0.2, 0.25) is 0 Å². The van der Waals surface area contributed by atoms with Gasteiger partial charge in [0.1, 0.15) is 5.75 Å². The molecule has 1 fully saturated rings. The van der Waals surface area contributed by atoms with Crippen LogP contribution < -0.4 is 15.4 Å². The number of aromatic nitrogens is 3. The molecule has 0 aliphatic carbocycles. The van der Waals surface area contributed by atoms with Crippen molar-refractivity contribution in [2.24, 2.45) is 7.05 Å². The van der Waals surface area contributed by atoms with Gasteiger partial charge in [-0.15, -0.1) is 12.4 Å². The fourth-order valence-corrected chi connectivity index (χ4v) is 3.10. The number of ether oxygens (including phenoxy) is 1. The van der Waals surface area contributed by atoms with Crippen LogP contribution in [0.25, 0.3) is 0 Å². The second kappa shape index (κ2) is 10.2. The lowest BCUT2D eigenvalue weighted by molar-refractivity contribution is -0.116. The first-order valence-electron chi connectivity index (χ1n) is 9.15. The van der Waals surface area contributed by atoms with Gasteiger partial charge in [0, 0.05) is 31.4 Å². The summed E-state index contributed by atoms with van der Waals surface area (Å²) in [4.78, 5) is 28.9. The van der Waals surface area contributed by atoms with Gasteiger partial charge in [0.25, 0.3) is 0 Å². The fraction of sp³-hybridized carbons (Fsp3) is 0.474. The molecule has 0 radical (unpaired) electrons. The van der Waals surface area contributed by atoms with Crippen LogP contribution in [-0.2, 0) is 11.8 Å². The monoisotopic (exact) mass is 407 g/mol. The predicted molar refractivity (Wildman–Crippen MR) is 108 cm³/mol. The molecule has 0 spiro atoms. The molecule has 2 heterocycles. The van der Waals surface area contributed by atoms with Crippen LogP contribution in [0.3, 0.4) is 0 Å². The van der Waals surface area contributed by atoms with Crippen molar-refractivity contribution in [2.75, 3.05) is 25.5 Å². The van der Waals surface area contributed by atoms with Gasteiger partial charge in [-0.25, -0.2) is 4.68 Å². The highest BCUT2D eigenvalue weighted by atomic mass is 35.5. The van der Waals surface area contributed by atoms with Crippen LogP contribution in [0, 0.1) is 0 Å². The van der Waals surface area contributed by atoms with Gasteiger partial charge in [-0.05, 0) is 50.2 Å². The summed E-state index contributed by atoms with van der Waals surface area (Å²) >= 11 is 0. The number of rotatable bonds is 7. The van der Waals surface area contributed by atoms with Crippen molar-refractivity contribution in [1.82, 2.24) is 20.1 Å². The molecule has 2 N–H and O–H groups in total. The Hall–Kier alpha value is -2.45. The second-order valence-corrected chi connectivity index (χ2v) is 6.64. The third kappa shape index (κ3) is 5.53. The minimum Gasteiger partial charge on any atom is -0.497 e. The molecule has 0 bridgehead atoms. The summed E-state index contributed by atoms with van der Waals surface area (Å²) in [5.74, 6) is 1.87. The van der Waals surface area contributed by atoms with E-state index in [2.05, 4.69) is 20.7 Å². The fourth-order valence-electron chi connectivity index (χ4n) is 3.10. The molecule has 1 aliphatic rings. The first-order chi connectivity index (χ1) is 13.1. The average molecular weight is 408 g/mol. The maximum Gasteiger partial charge on any atom is 0.227 e. The first-order valence-corrected chi connectivity index (χ1v) is 9.15. The van der Waals surface area contributed by atoms with Gasteiger partial charge in [-0.2, -0.15) is 10.1 Å². The number of piperidine rings is 1. The lowest BCUT2D eigenvalue weighted by atomic mass is 9.98. The Labute approximate surface area is 170 Å². The van der Waals surface area contributed by atoms with E-state index in [4.69, 9.17) is 4.74 Å². The standard InChI is InChI=1S/C19H25N5O3.ClH/c1-24-19(22-18(23-24)14-9-11-20-12-10-14)21-17(26)8-7-16(25)13-3-5-15(27-2)6-4-13;/h3-6,14,20H,7-12H2,1-2H3,(H,21,22,23,26);1H. The Morgan fingerprint density at radius 2 is 1.89 bits per heavy atom. The number of nitrogens with one attached hydrogen (secondary N) is 2. The molecule has 1 aromatic heterocycles. The van der Waals surface area contributed by atoms with Crippen LogP contribution in [-0.4, -0.2) is 46.7 Å². The normalized spacial score (nSPS) is 14.2. The summed E-state index contributed by atoms with van der Waals surface area (Å²) < 4.78 is 6.66. The van der Waals surface area contributed by atoms with E-state index >= 15 is 0 Å². The zero-order valence-corrected chi connectivity index (χ0v) is 16.9. The molecule has 28 heavy (non-hydrogen) atoms. The van der Waals surface area contributed by atoms with Crippen molar-refractivity contribution in [3.8, 4) is 5.75 Å². The zero-order valence-electron chi connectivity index (χ0n) is 16.1. The number of hydrogen-bond donors (Lipinski definition) is 2. The van der Waals surface area contributed by atoms with Crippen molar-refractivity contribution >= 4 is 30.0 Å². The molecule has 1 amide bonds. The average Bonchev–Trinajstić information content (AvgIpc) is 3.07. The Bertz CT molecular complexity index is 800. The number of carbonyl (C=O) groups is 2. The number of carbonyl (C=O) groups excluding carboxylic acids is 2.